The highest BCUT2D eigenvalue weighted by molar-refractivity contribution is 7.19. The molecule has 1 aliphatic rings. The van der Waals surface area contributed by atoms with Gasteiger partial charge >= 0.3 is 0 Å². The van der Waals surface area contributed by atoms with Crippen molar-refractivity contribution in [1.82, 2.24) is 20.2 Å². The number of aryl methyl sites for hydroxylation is 2. The second-order valence-electron chi connectivity index (χ2n) is 5.56. The van der Waals surface area contributed by atoms with Crippen molar-refractivity contribution in [3.05, 3.63) is 41.2 Å². The van der Waals surface area contributed by atoms with Crippen molar-refractivity contribution in [3.8, 4) is 0 Å². The number of nitrogens with one attached hydrogen (secondary N) is 2. The van der Waals surface area contributed by atoms with E-state index in [9.17, 15) is 0 Å². The largest absolute Gasteiger partial charge is 0.340 e. The van der Waals surface area contributed by atoms with Gasteiger partial charge in [-0.1, -0.05) is 0 Å². The van der Waals surface area contributed by atoms with Crippen LogP contribution < -0.4 is 5.32 Å². The minimum atomic E-state index is 0.906. The maximum Gasteiger partial charge on any atom is 0.142 e. The molecule has 108 valence electrons. The van der Waals surface area contributed by atoms with E-state index in [1.165, 1.54) is 28.7 Å². The van der Waals surface area contributed by atoms with Crippen LogP contribution in [-0.2, 0) is 12.8 Å². The third-order valence-electron chi connectivity index (χ3n) is 4.21. The molecule has 0 fully saturated rings. The van der Waals surface area contributed by atoms with Crippen LogP contribution in [0.15, 0.2) is 30.7 Å². The van der Waals surface area contributed by atoms with Crippen LogP contribution in [0.5, 0.6) is 0 Å². The lowest BCUT2D eigenvalue weighted by atomic mass is 10.2. The lowest BCUT2D eigenvalue weighted by Crippen LogP contribution is -1.96. The number of thiophene rings is 1. The standard InChI is InChI=1S/C16H13N5S/c1-2-11-13(3-1)22-16-14(11)15(17-8-18-16)20-10-5-4-9-7-19-21-12(9)6-10/h4-8H,1-3H2,(H,19,21)(H,17,18,20). The van der Waals surface area contributed by atoms with Crippen molar-refractivity contribution in [1.29, 1.82) is 0 Å². The molecule has 0 spiro atoms. The molecule has 2 N–H and O–H groups in total. The topological polar surface area (TPSA) is 66.5 Å². The van der Waals surface area contributed by atoms with E-state index in [4.69, 9.17) is 0 Å². The number of rotatable bonds is 2. The third-order valence-corrected chi connectivity index (χ3v) is 5.41. The number of anilines is 2. The van der Waals surface area contributed by atoms with Crippen LogP contribution in [0.3, 0.4) is 0 Å². The minimum Gasteiger partial charge on any atom is -0.340 e. The summed E-state index contributed by atoms with van der Waals surface area (Å²) in [6, 6.07) is 6.17. The zero-order valence-corrected chi connectivity index (χ0v) is 12.6. The summed E-state index contributed by atoms with van der Waals surface area (Å²) in [5, 5.41) is 12.8. The zero-order valence-electron chi connectivity index (χ0n) is 11.8. The molecule has 5 rings (SSSR count). The number of benzene rings is 1. The minimum absolute atomic E-state index is 0.906. The molecule has 3 aromatic heterocycles. The molecule has 22 heavy (non-hydrogen) atoms. The van der Waals surface area contributed by atoms with Gasteiger partial charge in [-0.15, -0.1) is 11.3 Å². The summed E-state index contributed by atoms with van der Waals surface area (Å²) in [7, 11) is 0. The fourth-order valence-corrected chi connectivity index (χ4v) is 4.40. The maximum atomic E-state index is 4.48. The van der Waals surface area contributed by atoms with Crippen LogP contribution in [0.25, 0.3) is 21.1 Å². The highest BCUT2D eigenvalue weighted by atomic mass is 32.1. The summed E-state index contributed by atoms with van der Waals surface area (Å²) >= 11 is 1.81. The molecule has 5 nitrogen and oxygen atoms in total. The van der Waals surface area contributed by atoms with Gasteiger partial charge in [-0.3, -0.25) is 5.10 Å². The number of fused-ring (bicyclic) bond motifs is 4. The lowest BCUT2D eigenvalue weighted by molar-refractivity contribution is 0.917. The summed E-state index contributed by atoms with van der Waals surface area (Å²) in [6.45, 7) is 0. The van der Waals surface area contributed by atoms with E-state index in [0.717, 1.165) is 33.7 Å². The van der Waals surface area contributed by atoms with Gasteiger partial charge in [0.15, 0.2) is 0 Å². The Morgan fingerprint density at radius 3 is 3.18 bits per heavy atom. The summed E-state index contributed by atoms with van der Waals surface area (Å²) in [4.78, 5) is 11.5. The molecule has 0 saturated carbocycles. The second-order valence-corrected chi connectivity index (χ2v) is 6.64. The predicted octanol–water partition coefficient (Wildman–Crippen LogP) is 3.80. The van der Waals surface area contributed by atoms with E-state index in [2.05, 4.69) is 43.7 Å². The van der Waals surface area contributed by atoms with E-state index in [0.29, 0.717) is 0 Å². The Morgan fingerprint density at radius 1 is 1.18 bits per heavy atom. The monoisotopic (exact) mass is 307 g/mol. The number of hydrogen-bond donors (Lipinski definition) is 2. The summed E-state index contributed by atoms with van der Waals surface area (Å²) in [5.41, 5.74) is 3.46. The van der Waals surface area contributed by atoms with E-state index < -0.39 is 0 Å². The Kier molecular flexibility index (Phi) is 2.48. The fourth-order valence-electron chi connectivity index (χ4n) is 3.17. The van der Waals surface area contributed by atoms with Crippen LogP contribution >= 0.6 is 11.3 Å². The Bertz CT molecular complexity index is 1000. The van der Waals surface area contributed by atoms with Gasteiger partial charge in [-0.2, -0.15) is 5.10 Å². The molecule has 0 amide bonds. The van der Waals surface area contributed by atoms with Crippen molar-refractivity contribution >= 4 is 44.0 Å². The Labute approximate surface area is 130 Å². The van der Waals surface area contributed by atoms with E-state index in [-0.39, 0.29) is 0 Å². The van der Waals surface area contributed by atoms with Gasteiger partial charge in [0.2, 0.25) is 0 Å². The van der Waals surface area contributed by atoms with Crippen LogP contribution in [-0.4, -0.2) is 20.2 Å². The Balaban J connectivity index is 1.64. The number of H-pyrrole nitrogens is 1. The lowest BCUT2D eigenvalue weighted by Gasteiger charge is -2.07. The van der Waals surface area contributed by atoms with Gasteiger partial charge in [0, 0.05) is 16.0 Å². The molecule has 1 aromatic carbocycles. The van der Waals surface area contributed by atoms with Gasteiger partial charge in [0.25, 0.3) is 0 Å². The molecule has 1 aliphatic carbocycles. The summed E-state index contributed by atoms with van der Waals surface area (Å²) in [6.07, 6.45) is 7.03. The number of hydrogen-bond acceptors (Lipinski definition) is 5. The van der Waals surface area contributed by atoms with Crippen molar-refractivity contribution < 1.29 is 0 Å². The Morgan fingerprint density at radius 2 is 2.18 bits per heavy atom. The predicted molar refractivity (Wildman–Crippen MR) is 88.8 cm³/mol. The van der Waals surface area contributed by atoms with Gasteiger partial charge in [0.05, 0.1) is 17.1 Å². The van der Waals surface area contributed by atoms with E-state index >= 15 is 0 Å². The molecule has 6 heteroatoms. The molecule has 4 aromatic rings. The molecule has 0 unspecified atom stereocenters. The van der Waals surface area contributed by atoms with E-state index in [1.807, 2.05) is 17.5 Å². The van der Waals surface area contributed by atoms with Gasteiger partial charge in [-0.05, 0) is 43.0 Å². The first-order valence-electron chi connectivity index (χ1n) is 7.34. The van der Waals surface area contributed by atoms with Crippen LogP contribution in [0.1, 0.15) is 16.9 Å². The first-order valence-corrected chi connectivity index (χ1v) is 8.15. The highest BCUT2D eigenvalue weighted by Gasteiger charge is 2.21. The van der Waals surface area contributed by atoms with E-state index in [1.54, 1.807) is 6.33 Å². The normalized spacial score (nSPS) is 13.8. The van der Waals surface area contributed by atoms with Crippen molar-refractivity contribution in [3.63, 3.8) is 0 Å². The van der Waals surface area contributed by atoms with Gasteiger partial charge in [-0.25, -0.2) is 9.97 Å². The molecule has 0 bridgehead atoms. The van der Waals surface area contributed by atoms with Crippen LogP contribution in [0.2, 0.25) is 0 Å². The zero-order chi connectivity index (χ0) is 14.5. The SMILES string of the molecule is c1nc(Nc2ccc3cn[nH]c3c2)c2c3c(sc2n1)CCC3. The fraction of sp³-hybridized carbons (Fsp3) is 0.188. The summed E-state index contributed by atoms with van der Waals surface area (Å²) in [5.74, 6) is 0.906. The summed E-state index contributed by atoms with van der Waals surface area (Å²) < 4.78 is 0. The molecular formula is C16H13N5S. The van der Waals surface area contributed by atoms with Crippen molar-refractivity contribution in [2.75, 3.05) is 5.32 Å². The molecule has 0 saturated heterocycles. The number of aromatic nitrogens is 4. The highest BCUT2D eigenvalue weighted by Crippen LogP contribution is 2.39. The first kappa shape index (κ1) is 12.1. The average molecular weight is 307 g/mol. The molecule has 3 heterocycles. The van der Waals surface area contributed by atoms with Gasteiger partial charge < -0.3 is 5.32 Å². The molecular weight excluding hydrogens is 294 g/mol. The smallest absolute Gasteiger partial charge is 0.142 e. The van der Waals surface area contributed by atoms with Crippen molar-refractivity contribution in [2.24, 2.45) is 0 Å². The molecule has 0 atom stereocenters. The molecule has 0 radical (unpaired) electrons. The number of nitrogens with zero attached hydrogens (tertiary/aromatic N) is 3. The second kappa shape index (κ2) is 4.51. The Hall–Kier alpha value is -2.47. The quantitative estimate of drug-likeness (QED) is 0.591. The van der Waals surface area contributed by atoms with Gasteiger partial charge in [0.1, 0.15) is 17.0 Å². The number of aromatic amines is 1. The van der Waals surface area contributed by atoms with Crippen LogP contribution in [0, 0.1) is 0 Å². The van der Waals surface area contributed by atoms with Crippen molar-refractivity contribution in [2.45, 2.75) is 19.3 Å². The maximum absolute atomic E-state index is 4.48. The third kappa shape index (κ3) is 1.74. The molecule has 0 aliphatic heterocycles. The first-order chi connectivity index (χ1) is 10.9. The van der Waals surface area contributed by atoms with Crippen LogP contribution in [0.4, 0.5) is 11.5 Å². The average Bonchev–Trinajstić information content (AvgIpc) is 3.21.